The average Bonchev–Trinajstić information content (AvgIpc) is 2.37. The molecule has 1 atom stereocenters. The number of ether oxygens (including phenoxy) is 1. The lowest BCUT2D eigenvalue weighted by Gasteiger charge is -2.26. The lowest BCUT2D eigenvalue weighted by Crippen LogP contribution is -2.39. The molecule has 5 nitrogen and oxygen atoms in total. The first-order valence-electron chi connectivity index (χ1n) is 5.92. The molecule has 5 heteroatoms. The van der Waals surface area contributed by atoms with Crippen molar-refractivity contribution in [1.29, 1.82) is 0 Å². The van der Waals surface area contributed by atoms with Crippen LogP contribution in [0.1, 0.15) is 32.6 Å². The Labute approximate surface area is 101 Å². The maximum Gasteiger partial charge on any atom is 0.308 e. The summed E-state index contributed by atoms with van der Waals surface area (Å²) in [7, 11) is 1.38. The molecule has 1 saturated carbocycles. The van der Waals surface area contributed by atoms with Gasteiger partial charge in [-0.15, -0.1) is 0 Å². The van der Waals surface area contributed by atoms with Crippen molar-refractivity contribution in [2.75, 3.05) is 7.11 Å². The number of hydrogen-bond donors (Lipinski definition) is 1. The van der Waals surface area contributed by atoms with Gasteiger partial charge in [0.2, 0.25) is 5.91 Å². The lowest BCUT2D eigenvalue weighted by molar-refractivity contribution is -0.147. The maximum atomic E-state index is 11.7. The van der Waals surface area contributed by atoms with Gasteiger partial charge in [-0.2, -0.15) is 0 Å². The van der Waals surface area contributed by atoms with Gasteiger partial charge in [-0.05, 0) is 32.6 Å². The van der Waals surface area contributed by atoms with Gasteiger partial charge in [0.15, 0.2) is 0 Å². The molecule has 1 aliphatic rings. The Morgan fingerprint density at radius 1 is 1.24 bits per heavy atom. The van der Waals surface area contributed by atoms with E-state index in [2.05, 4.69) is 10.1 Å². The SMILES string of the molecule is COC(=O)C1CCC(C(=O)N[C@@H](C)C=O)CC1. The molecule has 0 spiro atoms. The van der Waals surface area contributed by atoms with Crippen molar-refractivity contribution >= 4 is 18.2 Å². The molecule has 1 amide bonds. The van der Waals surface area contributed by atoms with Crippen LogP contribution in [0, 0.1) is 11.8 Å². The van der Waals surface area contributed by atoms with Gasteiger partial charge in [0.05, 0.1) is 19.1 Å². The van der Waals surface area contributed by atoms with Crippen LogP contribution >= 0.6 is 0 Å². The number of amides is 1. The lowest BCUT2D eigenvalue weighted by atomic mass is 9.81. The van der Waals surface area contributed by atoms with Gasteiger partial charge in [0, 0.05) is 5.92 Å². The van der Waals surface area contributed by atoms with Gasteiger partial charge < -0.3 is 14.8 Å². The molecule has 17 heavy (non-hydrogen) atoms. The van der Waals surface area contributed by atoms with Gasteiger partial charge >= 0.3 is 5.97 Å². The first-order chi connectivity index (χ1) is 8.08. The maximum absolute atomic E-state index is 11.7. The van der Waals surface area contributed by atoms with Gasteiger partial charge in [-0.25, -0.2) is 0 Å². The number of hydrogen-bond acceptors (Lipinski definition) is 4. The Bertz CT molecular complexity index is 295. The van der Waals surface area contributed by atoms with E-state index in [-0.39, 0.29) is 23.7 Å². The molecule has 0 aliphatic heterocycles. The summed E-state index contributed by atoms with van der Waals surface area (Å²) in [6.07, 6.45) is 3.42. The van der Waals surface area contributed by atoms with E-state index < -0.39 is 6.04 Å². The van der Waals surface area contributed by atoms with Crippen LogP contribution < -0.4 is 5.32 Å². The largest absolute Gasteiger partial charge is 0.469 e. The summed E-state index contributed by atoms with van der Waals surface area (Å²) in [5, 5.41) is 2.63. The quantitative estimate of drug-likeness (QED) is 0.580. The molecule has 0 bridgehead atoms. The van der Waals surface area contributed by atoms with Gasteiger partial charge in [-0.3, -0.25) is 9.59 Å². The monoisotopic (exact) mass is 241 g/mol. The summed E-state index contributed by atoms with van der Waals surface area (Å²) in [5.41, 5.74) is 0. The van der Waals surface area contributed by atoms with E-state index in [1.54, 1.807) is 6.92 Å². The fraction of sp³-hybridized carbons (Fsp3) is 0.750. The van der Waals surface area contributed by atoms with Crippen LogP contribution in [0.25, 0.3) is 0 Å². The molecular weight excluding hydrogens is 222 g/mol. The highest BCUT2D eigenvalue weighted by Crippen LogP contribution is 2.29. The number of nitrogens with one attached hydrogen (secondary N) is 1. The molecule has 0 aromatic heterocycles. The second kappa shape index (κ2) is 6.37. The summed E-state index contributed by atoms with van der Waals surface area (Å²) in [4.78, 5) is 33.5. The molecule has 96 valence electrons. The Kier molecular flexibility index (Phi) is 5.12. The summed E-state index contributed by atoms with van der Waals surface area (Å²) >= 11 is 0. The van der Waals surface area contributed by atoms with Crippen molar-refractivity contribution in [3.05, 3.63) is 0 Å². The third-order valence-corrected chi connectivity index (χ3v) is 3.21. The minimum Gasteiger partial charge on any atom is -0.469 e. The summed E-state index contributed by atoms with van der Waals surface area (Å²) in [6.45, 7) is 1.64. The summed E-state index contributed by atoms with van der Waals surface area (Å²) < 4.78 is 4.68. The fourth-order valence-corrected chi connectivity index (χ4v) is 2.13. The number of carbonyl (C=O) groups is 3. The van der Waals surface area contributed by atoms with E-state index >= 15 is 0 Å². The normalized spacial score (nSPS) is 25.8. The Hall–Kier alpha value is -1.39. The number of methoxy groups -OCH3 is 1. The Balaban J connectivity index is 2.38. The summed E-state index contributed by atoms with van der Waals surface area (Å²) in [6, 6.07) is -0.444. The van der Waals surface area contributed by atoms with E-state index in [1.165, 1.54) is 7.11 Å². The van der Waals surface area contributed by atoms with Gasteiger partial charge in [0.1, 0.15) is 6.29 Å². The van der Waals surface area contributed by atoms with E-state index in [9.17, 15) is 14.4 Å². The van der Waals surface area contributed by atoms with Gasteiger partial charge in [-0.1, -0.05) is 0 Å². The molecule has 0 unspecified atom stereocenters. The molecule has 0 saturated heterocycles. The zero-order valence-electron chi connectivity index (χ0n) is 10.3. The third kappa shape index (κ3) is 3.84. The van der Waals surface area contributed by atoms with Gasteiger partial charge in [0.25, 0.3) is 0 Å². The standard InChI is InChI=1S/C12H19NO4/c1-8(7-14)13-11(15)9-3-5-10(6-4-9)12(16)17-2/h7-10H,3-6H2,1-2H3,(H,13,15)/t8-,9?,10?/m0/s1. The highest BCUT2D eigenvalue weighted by Gasteiger charge is 2.30. The van der Waals surface area contributed by atoms with Crippen molar-refractivity contribution in [1.82, 2.24) is 5.32 Å². The fourth-order valence-electron chi connectivity index (χ4n) is 2.13. The van der Waals surface area contributed by atoms with Crippen LogP contribution in [-0.4, -0.2) is 31.3 Å². The number of rotatable bonds is 4. The second-order valence-electron chi connectivity index (χ2n) is 4.51. The molecule has 0 aromatic rings. The molecule has 0 aromatic carbocycles. The molecule has 1 N–H and O–H groups in total. The van der Waals surface area contributed by atoms with Crippen molar-refractivity contribution < 1.29 is 19.1 Å². The highest BCUT2D eigenvalue weighted by molar-refractivity contribution is 5.82. The zero-order chi connectivity index (χ0) is 12.8. The molecule has 1 aliphatic carbocycles. The number of carbonyl (C=O) groups excluding carboxylic acids is 3. The van der Waals surface area contributed by atoms with E-state index in [0.717, 1.165) is 0 Å². The predicted molar refractivity (Wildman–Crippen MR) is 61.1 cm³/mol. The number of esters is 1. The minimum atomic E-state index is -0.444. The third-order valence-electron chi connectivity index (χ3n) is 3.21. The zero-order valence-corrected chi connectivity index (χ0v) is 10.3. The van der Waals surface area contributed by atoms with Crippen LogP contribution in [0.15, 0.2) is 0 Å². The van der Waals surface area contributed by atoms with Crippen LogP contribution in [0.5, 0.6) is 0 Å². The molecule has 0 heterocycles. The smallest absolute Gasteiger partial charge is 0.308 e. The average molecular weight is 241 g/mol. The topological polar surface area (TPSA) is 72.5 Å². The van der Waals surface area contributed by atoms with Crippen LogP contribution in [0.4, 0.5) is 0 Å². The predicted octanol–water partition coefficient (Wildman–Crippen LogP) is 0.669. The number of aldehydes is 1. The molecule has 1 fully saturated rings. The van der Waals surface area contributed by atoms with E-state index in [4.69, 9.17) is 0 Å². The minimum absolute atomic E-state index is 0.0763. The van der Waals surface area contributed by atoms with Crippen molar-refractivity contribution in [3.8, 4) is 0 Å². The van der Waals surface area contributed by atoms with E-state index in [0.29, 0.717) is 32.0 Å². The first-order valence-corrected chi connectivity index (χ1v) is 5.92. The molecular formula is C12H19NO4. The highest BCUT2D eigenvalue weighted by atomic mass is 16.5. The van der Waals surface area contributed by atoms with Crippen LogP contribution in [-0.2, 0) is 19.1 Å². The van der Waals surface area contributed by atoms with Crippen molar-refractivity contribution in [2.45, 2.75) is 38.6 Å². The molecule has 1 rings (SSSR count). The van der Waals surface area contributed by atoms with Crippen LogP contribution in [0.3, 0.4) is 0 Å². The molecule has 0 radical (unpaired) electrons. The Morgan fingerprint density at radius 3 is 2.24 bits per heavy atom. The summed E-state index contributed by atoms with van der Waals surface area (Å²) in [5.74, 6) is -0.441. The Morgan fingerprint density at radius 2 is 1.76 bits per heavy atom. The second-order valence-corrected chi connectivity index (χ2v) is 4.51. The van der Waals surface area contributed by atoms with Crippen molar-refractivity contribution in [2.24, 2.45) is 11.8 Å². The van der Waals surface area contributed by atoms with E-state index in [1.807, 2.05) is 0 Å². The van der Waals surface area contributed by atoms with Crippen molar-refractivity contribution in [3.63, 3.8) is 0 Å². The van der Waals surface area contributed by atoms with Crippen LogP contribution in [0.2, 0.25) is 0 Å². The first kappa shape index (κ1) is 13.7.